The van der Waals surface area contributed by atoms with Gasteiger partial charge in [-0.3, -0.25) is 0 Å². The first kappa shape index (κ1) is 10.0. The molecule has 0 aromatic heterocycles. The van der Waals surface area contributed by atoms with E-state index in [4.69, 9.17) is 9.69 Å². The quantitative estimate of drug-likeness (QED) is 0.405. The van der Waals surface area contributed by atoms with Gasteiger partial charge in [0.15, 0.2) is 0 Å². The van der Waals surface area contributed by atoms with E-state index in [1.54, 1.807) is 0 Å². The van der Waals surface area contributed by atoms with Crippen LogP contribution in [0.1, 0.15) is 19.8 Å². The van der Waals surface area contributed by atoms with Gasteiger partial charge in [-0.05, 0) is 0 Å². The Morgan fingerprint density at radius 3 is 1.83 bits per heavy atom. The molecule has 0 fully saturated rings. The van der Waals surface area contributed by atoms with Crippen molar-refractivity contribution >= 4 is 9.69 Å². The molecule has 0 atom stereocenters. The summed E-state index contributed by atoms with van der Waals surface area (Å²) in [5.41, 5.74) is 0. The Morgan fingerprint density at radius 1 is 1.67 bits per heavy atom. The third-order valence-corrected chi connectivity index (χ3v) is 0.354. The zero-order valence-corrected chi connectivity index (χ0v) is 7.93. The molecule has 6 heavy (non-hydrogen) atoms. The van der Waals surface area contributed by atoms with Crippen molar-refractivity contribution in [1.82, 2.24) is 0 Å². The van der Waals surface area contributed by atoms with Crippen LogP contribution in [0.25, 0.3) is 0 Å². The minimum absolute atomic E-state index is 0.847. The van der Waals surface area contributed by atoms with E-state index in [9.17, 15) is 0 Å². The molecule has 0 aliphatic heterocycles. The van der Waals surface area contributed by atoms with Crippen LogP contribution in [0.3, 0.4) is 0 Å². The molecule has 0 rings (SSSR count). The van der Waals surface area contributed by atoms with Gasteiger partial charge >= 0.3 is 27.0 Å². The third-order valence-electron chi connectivity index (χ3n) is 0.354. The molecule has 0 bridgehead atoms. The molecule has 0 aliphatic rings. The first-order valence-corrected chi connectivity index (χ1v) is 5.87. The maximum atomic E-state index is 4.76. The summed E-state index contributed by atoms with van der Waals surface area (Å²) in [4.78, 5) is 0. The molecular weight excluding hydrogens is 149 g/mol. The van der Waals surface area contributed by atoms with E-state index in [-0.39, 0.29) is 0 Å². The minimum atomic E-state index is 0.847. The van der Waals surface area contributed by atoms with Crippen molar-refractivity contribution in [2.75, 3.05) is 0 Å². The molecule has 0 saturated heterocycles. The fourth-order valence-electron chi connectivity index (χ4n) is 0. The summed E-state index contributed by atoms with van der Waals surface area (Å²) >= 11 is 0.847. The van der Waals surface area contributed by atoms with Crippen LogP contribution < -0.4 is 0 Å². The Hall–Kier alpha value is 0.913. The molecule has 0 radical (unpaired) electrons. The summed E-state index contributed by atoms with van der Waals surface area (Å²) in [5, 5.41) is 0. The van der Waals surface area contributed by atoms with Crippen LogP contribution in [0.4, 0.5) is 0 Å². The molecule has 0 aliphatic carbocycles. The molecule has 0 aromatic carbocycles. The Labute approximate surface area is 54.0 Å². The molecule has 0 N–H and O–H groups in total. The zero-order chi connectivity index (χ0) is 5.41. The normalized spacial score (nSPS) is 6.17. The third kappa shape index (κ3) is 20.6. The molecule has 0 heterocycles. The van der Waals surface area contributed by atoms with Crippen LogP contribution >= 0.6 is 9.69 Å². The molecule has 2 heteroatoms. The van der Waals surface area contributed by atoms with E-state index < -0.39 is 0 Å². The van der Waals surface area contributed by atoms with Crippen molar-refractivity contribution in [3.63, 3.8) is 0 Å². The van der Waals surface area contributed by atoms with E-state index in [1.807, 2.05) is 0 Å². The summed E-state index contributed by atoms with van der Waals surface area (Å²) < 4.78 is 0. The maximum absolute atomic E-state index is 4.76. The fraction of sp³-hybridized carbons (Fsp3) is 0.750. The Morgan fingerprint density at radius 2 is 1.83 bits per heavy atom. The Bertz CT molecular complexity index is 9.51. The predicted octanol–water partition coefficient (Wildman–Crippen LogP) is 2.31. The van der Waals surface area contributed by atoms with Crippen LogP contribution in [-0.4, -0.2) is 0 Å². The van der Waals surface area contributed by atoms with Gasteiger partial charge in [-0.25, -0.2) is 0 Å². The molecule has 0 saturated carbocycles. The molecule has 0 amide bonds. The Kier molecular flexibility index (Phi) is 28.1. The van der Waals surface area contributed by atoms with Crippen LogP contribution in [0.2, 0.25) is 0 Å². The number of hydrogen-bond acceptors (Lipinski definition) is 0. The van der Waals surface area contributed by atoms with Gasteiger partial charge < -0.3 is 6.92 Å². The monoisotopic (exact) mass is 156 g/mol. The van der Waals surface area contributed by atoms with Crippen molar-refractivity contribution in [2.45, 2.75) is 19.8 Å². The van der Waals surface area contributed by atoms with Crippen molar-refractivity contribution in [3.8, 4) is 0 Å². The van der Waals surface area contributed by atoms with Gasteiger partial charge in [0.25, 0.3) is 0 Å². The molecule has 0 nitrogen and oxygen atoms in total. The fourth-order valence-corrected chi connectivity index (χ4v) is 0. The topological polar surface area (TPSA) is 0 Å². The van der Waals surface area contributed by atoms with Crippen LogP contribution in [0.5, 0.6) is 0 Å². The SMILES string of the molecule is [CH2-]CCC.[Cl][Zn+]. The summed E-state index contributed by atoms with van der Waals surface area (Å²) in [6, 6.07) is 0. The second-order valence-electron chi connectivity index (χ2n) is 0.854. The van der Waals surface area contributed by atoms with E-state index in [2.05, 4.69) is 13.8 Å². The molecule has 0 spiro atoms. The van der Waals surface area contributed by atoms with Crippen molar-refractivity contribution < 1.29 is 17.3 Å². The molecular formula is C4H9ClZn. The molecule has 0 aromatic rings. The number of hydrogen-bond donors (Lipinski definition) is 0. The molecule has 34 valence electrons. The Balaban J connectivity index is 0. The number of rotatable bonds is 1. The van der Waals surface area contributed by atoms with Gasteiger partial charge in [0.2, 0.25) is 0 Å². The summed E-state index contributed by atoms with van der Waals surface area (Å²) in [7, 11) is 4.76. The van der Waals surface area contributed by atoms with Gasteiger partial charge in [0.05, 0.1) is 0 Å². The number of unbranched alkanes of at least 4 members (excludes halogenated alkanes) is 1. The predicted molar refractivity (Wildman–Crippen MR) is 26.1 cm³/mol. The van der Waals surface area contributed by atoms with Crippen LogP contribution in [-0.2, 0) is 17.3 Å². The van der Waals surface area contributed by atoms with Crippen molar-refractivity contribution in [1.29, 1.82) is 0 Å². The summed E-state index contributed by atoms with van der Waals surface area (Å²) in [5.74, 6) is 0. The van der Waals surface area contributed by atoms with Gasteiger partial charge in [0, 0.05) is 0 Å². The first-order chi connectivity index (χ1) is 2.91. The van der Waals surface area contributed by atoms with Gasteiger partial charge in [-0.1, -0.05) is 13.3 Å². The van der Waals surface area contributed by atoms with Crippen molar-refractivity contribution in [3.05, 3.63) is 6.92 Å². The van der Waals surface area contributed by atoms with E-state index >= 15 is 0 Å². The number of halogens is 1. The van der Waals surface area contributed by atoms with Gasteiger partial charge in [0.1, 0.15) is 0 Å². The summed E-state index contributed by atoms with van der Waals surface area (Å²) in [6.07, 6.45) is 2.28. The van der Waals surface area contributed by atoms with E-state index in [0.717, 1.165) is 23.7 Å². The summed E-state index contributed by atoms with van der Waals surface area (Å²) in [6.45, 7) is 5.72. The first-order valence-electron chi connectivity index (χ1n) is 1.97. The van der Waals surface area contributed by atoms with Crippen LogP contribution in [0.15, 0.2) is 0 Å². The average Bonchev–Trinajstić information content (AvgIpc) is 1.72. The van der Waals surface area contributed by atoms with Crippen LogP contribution in [0, 0.1) is 6.92 Å². The standard InChI is InChI=1S/C4H9.ClH.Zn/c1-3-4-2;;/h1,3-4H2,2H3;1H;/q-1;;+2/p-1. The second-order valence-corrected chi connectivity index (χ2v) is 0.854. The second kappa shape index (κ2) is 16.8. The van der Waals surface area contributed by atoms with Crippen molar-refractivity contribution in [2.24, 2.45) is 0 Å². The van der Waals surface area contributed by atoms with E-state index in [1.165, 1.54) is 6.42 Å². The van der Waals surface area contributed by atoms with Gasteiger partial charge in [-0.2, -0.15) is 6.42 Å². The molecule has 0 unspecified atom stereocenters. The van der Waals surface area contributed by atoms with Gasteiger partial charge in [-0.15, -0.1) is 0 Å². The average molecular weight is 158 g/mol. The van der Waals surface area contributed by atoms with E-state index in [0.29, 0.717) is 0 Å². The zero-order valence-electron chi connectivity index (χ0n) is 4.21.